The van der Waals surface area contributed by atoms with Gasteiger partial charge in [0.1, 0.15) is 12.6 Å². The minimum Gasteiger partial charge on any atom is -0.352 e. The average molecular weight is 661 g/mol. The molecule has 0 aliphatic heterocycles. The maximum atomic E-state index is 14.2. The van der Waals surface area contributed by atoms with Crippen LogP contribution >= 0.6 is 27.5 Å². The molecule has 0 bridgehead atoms. The molecule has 3 aromatic rings. The second-order valence-corrected chi connectivity index (χ2v) is 13.8. The molecule has 0 aromatic heterocycles. The third-order valence-corrected chi connectivity index (χ3v) is 9.19. The van der Waals surface area contributed by atoms with E-state index in [-0.39, 0.29) is 24.9 Å². The summed E-state index contributed by atoms with van der Waals surface area (Å²) in [7, 11) is -3.87. The Hall–Kier alpha value is -2.88. The Morgan fingerprint density at radius 1 is 1.00 bits per heavy atom. The lowest BCUT2D eigenvalue weighted by molar-refractivity contribution is -0.140. The molecule has 1 fully saturated rings. The number of aryl methyl sites for hydroxylation is 1. The summed E-state index contributed by atoms with van der Waals surface area (Å²) in [6, 6.07) is 21.2. The standard InChI is InChI=1S/C31H35BrClN3O4S/c1-22-15-16-26(33)19-28(22)36(41(2,39)40)21-30(37)35(20-24-11-8-12-25(32)17-24)29(18-23-9-4-3-5-10-23)31(38)34-27-13-6-7-14-27/h3-5,8-12,15-17,19,27,29H,6-7,13-14,18,20-21H2,1-2H3,(H,34,38)/t29-/m0/s1. The number of rotatable bonds is 11. The number of sulfonamides is 1. The van der Waals surface area contributed by atoms with E-state index in [1.165, 1.54) is 11.0 Å². The van der Waals surface area contributed by atoms with Crippen molar-refractivity contribution in [1.82, 2.24) is 10.2 Å². The first kappa shape index (κ1) is 31.1. The van der Waals surface area contributed by atoms with Crippen molar-refractivity contribution in [3.8, 4) is 0 Å². The van der Waals surface area contributed by atoms with Crippen LogP contribution in [-0.4, -0.2) is 50.0 Å². The van der Waals surface area contributed by atoms with Crippen molar-refractivity contribution in [2.45, 2.75) is 57.7 Å². The third-order valence-electron chi connectivity index (χ3n) is 7.33. The van der Waals surface area contributed by atoms with Crippen molar-refractivity contribution < 1.29 is 18.0 Å². The molecular formula is C31H35BrClN3O4S. The van der Waals surface area contributed by atoms with E-state index in [2.05, 4.69) is 21.2 Å². The fraction of sp³-hybridized carbons (Fsp3) is 0.355. The summed E-state index contributed by atoms with van der Waals surface area (Å²) in [5.74, 6) is -0.730. The van der Waals surface area contributed by atoms with Crippen LogP contribution in [0.3, 0.4) is 0 Å². The summed E-state index contributed by atoms with van der Waals surface area (Å²) in [5, 5.41) is 3.53. The molecule has 218 valence electrons. The Morgan fingerprint density at radius 2 is 1.68 bits per heavy atom. The Balaban J connectivity index is 1.74. The summed E-state index contributed by atoms with van der Waals surface area (Å²) in [6.07, 6.45) is 5.26. The van der Waals surface area contributed by atoms with E-state index >= 15 is 0 Å². The van der Waals surface area contributed by atoms with Crippen molar-refractivity contribution in [3.05, 3.63) is 99.0 Å². The minimum absolute atomic E-state index is 0.0604. The second-order valence-electron chi connectivity index (χ2n) is 10.5. The van der Waals surface area contributed by atoms with Crippen LogP contribution in [0.4, 0.5) is 5.69 Å². The highest BCUT2D eigenvalue weighted by atomic mass is 79.9. The van der Waals surface area contributed by atoms with E-state index in [4.69, 9.17) is 11.6 Å². The molecular weight excluding hydrogens is 626 g/mol. The van der Waals surface area contributed by atoms with E-state index in [0.717, 1.165) is 51.8 Å². The highest BCUT2D eigenvalue weighted by molar-refractivity contribution is 9.10. The minimum atomic E-state index is -3.87. The van der Waals surface area contributed by atoms with Gasteiger partial charge >= 0.3 is 0 Å². The molecule has 1 aliphatic carbocycles. The van der Waals surface area contributed by atoms with Gasteiger partial charge in [0.25, 0.3) is 0 Å². The highest BCUT2D eigenvalue weighted by Gasteiger charge is 2.34. The average Bonchev–Trinajstić information content (AvgIpc) is 3.43. The molecule has 1 N–H and O–H groups in total. The van der Waals surface area contributed by atoms with Crippen LogP contribution in [0.1, 0.15) is 42.4 Å². The van der Waals surface area contributed by atoms with Crippen LogP contribution in [-0.2, 0) is 32.6 Å². The van der Waals surface area contributed by atoms with Gasteiger partial charge in [0.15, 0.2) is 0 Å². The van der Waals surface area contributed by atoms with Gasteiger partial charge in [0.2, 0.25) is 21.8 Å². The van der Waals surface area contributed by atoms with E-state index in [1.54, 1.807) is 19.1 Å². The number of carbonyl (C=O) groups is 2. The van der Waals surface area contributed by atoms with Crippen LogP contribution < -0.4 is 9.62 Å². The molecule has 41 heavy (non-hydrogen) atoms. The molecule has 7 nitrogen and oxygen atoms in total. The van der Waals surface area contributed by atoms with Gasteiger partial charge in [-0.3, -0.25) is 13.9 Å². The number of hydrogen-bond acceptors (Lipinski definition) is 4. The number of halogens is 2. The monoisotopic (exact) mass is 659 g/mol. The SMILES string of the molecule is Cc1ccc(Cl)cc1N(CC(=O)N(Cc1cccc(Br)c1)[C@@H](Cc1ccccc1)C(=O)NC1CCCC1)S(C)(=O)=O. The van der Waals surface area contributed by atoms with Gasteiger partial charge in [-0.2, -0.15) is 0 Å². The van der Waals surface area contributed by atoms with Crippen LogP contribution in [0.2, 0.25) is 5.02 Å². The van der Waals surface area contributed by atoms with Crippen LogP contribution in [0.15, 0.2) is 77.3 Å². The quantitative estimate of drug-likeness (QED) is 0.279. The van der Waals surface area contributed by atoms with Gasteiger partial charge < -0.3 is 10.2 Å². The first-order valence-corrected chi connectivity index (χ1v) is 16.7. The zero-order chi connectivity index (χ0) is 29.6. The predicted molar refractivity (Wildman–Crippen MR) is 167 cm³/mol. The first-order valence-electron chi connectivity index (χ1n) is 13.6. The maximum Gasteiger partial charge on any atom is 0.244 e. The van der Waals surface area contributed by atoms with Crippen molar-refractivity contribution in [3.63, 3.8) is 0 Å². The number of hydrogen-bond donors (Lipinski definition) is 1. The van der Waals surface area contributed by atoms with Crippen molar-refractivity contribution in [2.75, 3.05) is 17.1 Å². The van der Waals surface area contributed by atoms with Gasteiger partial charge in [-0.25, -0.2) is 8.42 Å². The molecule has 4 rings (SSSR count). The van der Waals surface area contributed by atoms with Crippen molar-refractivity contribution in [1.29, 1.82) is 0 Å². The van der Waals surface area contributed by atoms with Gasteiger partial charge in [-0.1, -0.05) is 88.9 Å². The number of nitrogens with one attached hydrogen (secondary N) is 1. The number of anilines is 1. The largest absolute Gasteiger partial charge is 0.352 e. The van der Waals surface area contributed by atoms with E-state index in [9.17, 15) is 18.0 Å². The summed E-state index contributed by atoms with van der Waals surface area (Å²) in [6.45, 7) is 1.41. The molecule has 1 saturated carbocycles. The highest BCUT2D eigenvalue weighted by Crippen LogP contribution is 2.27. The van der Waals surface area contributed by atoms with E-state index in [0.29, 0.717) is 16.3 Å². The third kappa shape index (κ3) is 8.56. The summed E-state index contributed by atoms with van der Waals surface area (Å²) in [4.78, 5) is 29.6. The van der Waals surface area contributed by atoms with Gasteiger partial charge in [0, 0.05) is 28.5 Å². The summed E-state index contributed by atoms with van der Waals surface area (Å²) < 4.78 is 27.9. The zero-order valence-electron chi connectivity index (χ0n) is 23.2. The normalized spacial score (nSPS) is 14.4. The molecule has 0 unspecified atom stereocenters. The number of carbonyl (C=O) groups excluding carboxylic acids is 2. The summed E-state index contributed by atoms with van der Waals surface area (Å²) in [5.41, 5.74) is 2.69. The molecule has 1 aliphatic rings. The fourth-order valence-corrected chi connectivity index (χ4v) is 6.71. The molecule has 0 spiro atoms. The van der Waals surface area contributed by atoms with Crippen LogP contribution in [0.25, 0.3) is 0 Å². The molecule has 10 heteroatoms. The molecule has 1 atom stereocenters. The summed E-state index contributed by atoms with van der Waals surface area (Å²) >= 11 is 9.72. The molecule has 0 heterocycles. The lowest BCUT2D eigenvalue weighted by Crippen LogP contribution is -2.54. The van der Waals surface area contributed by atoms with Crippen LogP contribution in [0.5, 0.6) is 0 Å². The Bertz CT molecular complexity index is 1480. The topological polar surface area (TPSA) is 86.8 Å². The van der Waals surface area contributed by atoms with Gasteiger partial charge in [-0.15, -0.1) is 0 Å². The zero-order valence-corrected chi connectivity index (χ0v) is 26.4. The smallest absolute Gasteiger partial charge is 0.244 e. The molecule has 2 amide bonds. The predicted octanol–water partition coefficient (Wildman–Crippen LogP) is 5.88. The number of benzene rings is 3. The van der Waals surface area contributed by atoms with Crippen molar-refractivity contribution in [2.24, 2.45) is 0 Å². The Morgan fingerprint density at radius 3 is 2.34 bits per heavy atom. The van der Waals surface area contributed by atoms with Crippen molar-refractivity contribution >= 4 is 55.1 Å². The fourth-order valence-electron chi connectivity index (χ4n) is 5.20. The lowest BCUT2D eigenvalue weighted by Gasteiger charge is -2.34. The molecule has 3 aromatic carbocycles. The van der Waals surface area contributed by atoms with Gasteiger partial charge in [-0.05, 0) is 60.7 Å². The first-order chi connectivity index (χ1) is 19.5. The van der Waals surface area contributed by atoms with Crippen LogP contribution in [0, 0.1) is 6.92 Å². The molecule has 0 radical (unpaired) electrons. The number of amides is 2. The van der Waals surface area contributed by atoms with Gasteiger partial charge in [0.05, 0.1) is 11.9 Å². The van der Waals surface area contributed by atoms with E-state index in [1.807, 2.05) is 54.6 Å². The van der Waals surface area contributed by atoms with E-state index < -0.39 is 28.5 Å². The lowest BCUT2D eigenvalue weighted by atomic mass is 10.0. The number of nitrogens with zero attached hydrogens (tertiary/aromatic N) is 2. The second kappa shape index (κ2) is 13.9. The maximum absolute atomic E-state index is 14.2. The Kier molecular flexibility index (Phi) is 10.5. The molecule has 0 saturated heterocycles. The Labute approximate surface area is 256 Å².